The molecule has 0 aliphatic carbocycles. The van der Waals surface area contributed by atoms with Gasteiger partial charge in [0.2, 0.25) is 5.91 Å². The fourth-order valence-corrected chi connectivity index (χ4v) is 2.56. The van der Waals surface area contributed by atoms with Crippen LogP contribution in [0.4, 0.5) is 13.2 Å². The molecule has 6 heteroatoms. The molecule has 0 atom stereocenters. The zero-order valence-corrected chi connectivity index (χ0v) is 12.8. The zero-order valence-electron chi connectivity index (χ0n) is 11.2. The molecule has 0 aromatic carbocycles. The fraction of sp³-hybridized carbons (Fsp3) is 0.917. The Morgan fingerprint density at radius 3 is 1.89 bits per heavy atom. The Kier molecular flexibility index (Phi) is 7.25. The first-order valence-electron chi connectivity index (χ1n) is 6.01. The topological polar surface area (TPSA) is 20.3 Å². The lowest BCUT2D eigenvalue weighted by molar-refractivity contribution is -0.165. The SMILES string of the molecule is CC(C)C(C(=O)N(CCBr)CC(F)(F)F)C(C)C. The van der Waals surface area contributed by atoms with E-state index in [0.29, 0.717) is 5.33 Å². The van der Waals surface area contributed by atoms with Crippen LogP contribution in [0.15, 0.2) is 0 Å². The molecule has 0 heterocycles. The predicted octanol–water partition coefficient (Wildman–Crippen LogP) is 3.70. The molecule has 18 heavy (non-hydrogen) atoms. The summed E-state index contributed by atoms with van der Waals surface area (Å²) in [5.74, 6) is -0.713. The van der Waals surface area contributed by atoms with Crippen LogP contribution in [-0.4, -0.2) is 35.4 Å². The van der Waals surface area contributed by atoms with Gasteiger partial charge in [0, 0.05) is 17.8 Å². The van der Waals surface area contributed by atoms with Crippen molar-refractivity contribution in [3.8, 4) is 0 Å². The summed E-state index contributed by atoms with van der Waals surface area (Å²) in [6, 6.07) is 0. The molecular weight excluding hydrogens is 311 g/mol. The maximum atomic E-state index is 12.4. The Hall–Kier alpha value is -0.260. The lowest BCUT2D eigenvalue weighted by Gasteiger charge is -2.31. The summed E-state index contributed by atoms with van der Waals surface area (Å²) < 4.78 is 37.3. The van der Waals surface area contributed by atoms with Gasteiger partial charge in [-0.25, -0.2) is 0 Å². The number of alkyl halides is 4. The van der Waals surface area contributed by atoms with Gasteiger partial charge in [0.15, 0.2) is 0 Å². The first-order chi connectivity index (χ1) is 8.10. The summed E-state index contributed by atoms with van der Waals surface area (Å²) in [7, 11) is 0. The Morgan fingerprint density at radius 2 is 1.61 bits per heavy atom. The first kappa shape index (κ1) is 17.7. The van der Waals surface area contributed by atoms with Crippen molar-refractivity contribution < 1.29 is 18.0 Å². The van der Waals surface area contributed by atoms with E-state index in [1.54, 1.807) is 0 Å². The summed E-state index contributed by atoms with van der Waals surface area (Å²) in [4.78, 5) is 13.1. The van der Waals surface area contributed by atoms with Crippen molar-refractivity contribution in [1.29, 1.82) is 0 Å². The molecule has 0 aromatic rings. The molecule has 0 bridgehead atoms. The van der Waals surface area contributed by atoms with Gasteiger partial charge >= 0.3 is 6.18 Å². The number of carbonyl (C=O) groups is 1. The Morgan fingerprint density at radius 1 is 1.17 bits per heavy atom. The van der Waals surface area contributed by atoms with Crippen molar-refractivity contribution in [3.63, 3.8) is 0 Å². The van der Waals surface area contributed by atoms with Gasteiger partial charge in [-0.3, -0.25) is 4.79 Å². The molecule has 0 rings (SSSR count). The van der Waals surface area contributed by atoms with E-state index >= 15 is 0 Å². The van der Waals surface area contributed by atoms with Crippen molar-refractivity contribution in [2.24, 2.45) is 17.8 Å². The molecule has 0 aromatic heterocycles. The smallest absolute Gasteiger partial charge is 0.332 e. The molecule has 0 aliphatic rings. The highest BCUT2D eigenvalue weighted by Crippen LogP contribution is 2.25. The molecule has 0 unspecified atom stereocenters. The van der Waals surface area contributed by atoms with E-state index in [1.165, 1.54) is 0 Å². The van der Waals surface area contributed by atoms with Gasteiger partial charge < -0.3 is 4.90 Å². The normalized spacial score (nSPS) is 12.6. The van der Waals surface area contributed by atoms with Gasteiger partial charge in [-0.1, -0.05) is 43.6 Å². The van der Waals surface area contributed by atoms with Crippen molar-refractivity contribution >= 4 is 21.8 Å². The predicted molar refractivity (Wildman–Crippen MR) is 69.6 cm³/mol. The number of hydrogen-bond donors (Lipinski definition) is 0. The lowest BCUT2D eigenvalue weighted by atomic mass is 9.84. The number of halogens is 4. The van der Waals surface area contributed by atoms with Crippen LogP contribution in [0.5, 0.6) is 0 Å². The van der Waals surface area contributed by atoms with E-state index in [4.69, 9.17) is 0 Å². The number of nitrogens with zero attached hydrogens (tertiary/aromatic N) is 1. The van der Waals surface area contributed by atoms with Crippen molar-refractivity contribution in [3.05, 3.63) is 0 Å². The molecule has 0 spiro atoms. The summed E-state index contributed by atoms with van der Waals surface area (Å²) in [6.45, 7) is 6.36. The van der Waals surface area contributed by atoms with Crippen LogP contribution < -0.4 is 0 Å². The van der Waals surface area contributed by atoms with E-state index in [1.807, 2.05) is 27.7 Å². The molecule has 0 aliphatic heterocycles. The summed E-state index contributed by atoms with van der Waals surface area (Å²) in [5.41, 5.74) is 0. The van der Waals surface area contributed by atoms with Crippen LogP contribution in [0.1, 0.15) is 27.7 Å². The van der Waals surface area contributed by atoms with E-state index in [9.17, 15) is 18.0 Å². The molecule has 0 fully saturated rings. The van der Waals surface area contributed by atoms with E-state index in [-0.39, 0.29) is 24.3 Å². The number of hydrogen-bond acceptors (Lipinski definition) is 1. The molecule has 0 N–H and O–H groups in total. The molecular formula is C12H21BrF3NO. The third kappa shape index (κ3) is 6.07. The summed E-state index contributed by atoms with van der Waals surface area (Å²) >= 11 is 3.09. The third-order valence-corrected chi connectivity index (χ3v) is 3.11. The second-order valence-electron chi connectivity index (χ2n) is 5.08. The van der Waals surface area contributed by atoms with E-state index in [0.717, 1.165) is 4.90 Å². The van der Waals surface area contributed by atoms with Crippen LogP contribution in [0.3, 0.4) is 0 Å². The van der Waals surface area contributed by atoms with Crippen molar-refractivity contribution in [2.45, 2.75) is 33.9 Å². The second-order valence-corrected chi connectivity index (χ2v) is 5.87. The maximum absolute atomic E-state index is 12.4. The molecule has 0 radical (unpaired) electrons. The minimum atomic E-state index is -4.35. The molecule has 0 saturated heterocycles. The quantitative estimate of drug-likeness (QED) is 0.679. The third-order valence-electron chi connectivity index (χ3n) is 2.76. The van der Waals surface area contributed by atoms with Crippen LogP contribution >= 0.6 is 15.9 Å². The molecule has 0 saturated carbocycles. The number of rotatable bonds is 6. The van der Waals surface area contributed by atoms with Crippen molar-refractivity contribution in [2.75, 3.05) is 18.4 Å². The number of amides is 1. The van der Waals surface area contributed by atoms with Gasteiger partial charge in [0.25, 0.3) is 0 Å². The van der Waals surface area contributed by atoms with Gasteiger partial charge in [-0.2, -0.15) is 13.2 Å². The first-order valence-corrected chi connectivity index (χ1v) is 7.13. The fourth-order valence-electron chi connectivity index (χ4n) is 2.14. The highest BCUT2D eigenvalue weighted by atomic mass is 79.9. The van der Waals surface area contributed by atoms with Gasteiger partial charge in [-0.05, 0) is 11.8 Å². The molecule has 108 valence electrons. The van der Waals surface area contributed by atoms with Crippen LogP contribution in [0.25, 0.3) is 0 Å². The molecule has 2 nitrogen and oxygen atoms in total. The largest absolute Gasteiger partial charge is 0.406 e. The summed E-state index contributed by atoms with van der Waals surface area (Å²) in [5, 5.41) is 0.345. The van der Waals surface area contributed by atoms with Gasteiger partial charge in [0.1, 0.15) is 6.54 Å². The standard InChI is InChI=1S/C12H21BrF3NO/c1-8(2)10(9(3)4)11(18)17(6-5-13)7-12(14,15)16/h8-10H,5-7H2,1-4H3. The highest BCUT2D eigenvalue weighted by Gasteiger charge is 2.36. The van der Waals surface area contributed by atoms with Gasteiger partial charge in [0.05, 0.1) is 0 Å². The Bertz CT molecular complexity index is 259. The minimum absolute atomic E-state index is 0.0311. The Labute approximate surface area is 115 Å². The number of carbonyl (C=O) groups excluding carboxylic acids is 1. The van der Waals surface area contributed by atoms with Crippen LogP contribution in [0, 0.1) is 17.8 Å². The average molecular weight is 332 g/mol. The van der Waals surface area contributed by atoms with E-state index < -0.39 is 18.6 Å². The average Bonchev–Trinajstić information content (AvgIpc) is 2.13. The zero-order chi connectivity index (χ0) is 14.5. The second kappa shape index (κ2) is 7.36. The van der Waals surface area contributed by atoms with Crippen LogP contribution in [0.2, 0.25) is 0 Å². The maximum Gasteiger partial charge on any atom is 0.406 e. The van der Waals surface area contributed by atoms with Crippen molar-refractivity contribution in [1.82, 2.24) is 4.90 Å². The Balaban J connectivity index is 4.93. The highest BCUT2D eigenvalue weighted by molar-refractivity contribution is 9.09. The monoisotopic (exact) mass is 331 g/mol. The van der Waals surface area contributed by atoms with Crippen LogP contribution in [-0.2, 0) is 4.79 Å². The lowest BCUT2D eigenvalue weighted by Crippen LogP contribution is -2.45. The summed E-state index contributed by atoms with van der Waals surface area (Å²) in [6.07, 6.45) is -4.35. The van der Waals surface area contributed by atoms with Gasteiger partial charge in [-0.15, -0.1) is 0 Å². The molecule has 1 amide bonds. The minimum Gasteiger partial charge on any atom is -0.332 e. The van der Waals surface area contributed by atoms with E-state index in [2.05, 4.69) is 15.9 Å².